The van der Waals surface area contributed by atoms with Crippen molar-refractivity contribution in [2.24, 2.45) is 0 Å². The first-order valence-corrected chi connectivity index (χ1v) is 7.48. The predicted molar refractivity (Wildman–Crippen MR) is 70.5 cm³/mol. The number of rotatable bonds is 4. The summed E-state index contributed by atoms with van der Waals surface area (Å²) < 4.78 is 31.1. The predicted octanol–water partition coefficient (Wildman–Crippen LogP) is 0.819. The molecule has 1 fully saturated rings. The fraction of sp³-hybridized carbons (Fsp3) is 0.500. The van der Waals surface area contributed by atoms with Gasteiger partial charge in [-0.2, -0.15) is 4.31 Å². The van der Waals surface area contributed by atoms with Crippen LogP contribution in [0.1, 0.15) is 12.0 Å². The van der Waals surface area contributed by atoms with Gasteiger partial charge in [0.25, 0.3) is 0 Å². The minimum atomic E-state index is -3.31. The molecule has 2 rings (SSSR count). The Labute approximate surface area is 108 Å². The number of hydrogen-bond acceptors (Lipinski definition) is 4. The lowest BCUT2D eigenvalue weighted by Crippen LogP contribution is -2.31. The van der Waals surface area contributed by atoms with Crippen LogP contribution in [0, 0.1) is 0 Å². The zero-order chi connectivity index (χ0) is 13.2. The molecule has 100 valence electrons. The first-order valence-electron chi connectivity index (χ1n) is 5.87. The lowest BCUT2D eigenvalue weighted by atomic mass is 10.2. The molecule has 0 amide bonds. The van der Waals surface area contributed by atoms with Crippen LogP contribution in [0.5, 0.6) is 0 Å². The molecule has 0 spiro atoms. The fourth-order valence-corrected chi connectivity index (χ4v) is 3.71. The Bertz CT molecular complexity index is 516. The van der Waals surface area contributed by atoms with Crippen LogP contribution in [0.4, 0.5) is 5.69 Å². The normalized spacial score (nSPS) is 21.3. The van der Waals surface area contributed by atoms with E-state index in [-0.39, 0.29) is 11.9 Å². The molecule has 1 aromatic rings. The van der Waals surface area contributed by atoms with Gasteiger partial charge in [0.15, 0.2) is 0 Å². The van der Waals surface area contributed by atoms with Crippen LogP contribution in [0.25, 0.3) is 0 Å². The molecule has 2 N–H and O–H groups in total. The van der Waals surface area contributed by atoms with Crippen molar-refractivity contribution in [1.29, 1.82) is 0 Å². The van der Waals surface area contributed by atoms with E-state index in [1.54, 1.807) is 31.4 Å². The van der Waals surface area contributed by atoms with E-state index in [1.165, 1.54) is 4.31 Å². The molecule has 0 saturated carbocycles. The van der Waals surface area contributed by atoms with Crippen LogP contribution in [0.2, 0.25) is 0 Å². The summed E-state index contributed by atoms with van der Waals surface area (Å²) in [7, 11) is -1.70. The Morgan fingerprint density at radius 3 is 2.78 bits per heavy atom. The van der Waals surface area contributed by atoms with Gasteiger partial charge in [-0.1, -0.05) is 18.2 Å². The largest absolute Gasteiger partial charge is 0.398 e. The topological polar surface area (TPSA) is 72.6 Å². The highest BCUT2D eigenvalue weighted by molar-refractivity contribution is 7.88. The van der Waals surface area contributed by atoms with Gasteiger partial charge in [0.2, 0.25) is 10.0 Å². The number of sulfonamides is 1. The number of nitrogens with zero attached hydrogens (tertiary/aromatic N) is 1. The molecule has 1 aliphatic heterocycles. The number of para-hydroxylation sites is 1. The van der Waals surface area contributed by atoms with E-state index >= 15 is 0 Å². The van der Waals surface area contributed by atoms with E-state index in [0.29, 0.717) is 24.3 Å². The molecule has 1 aromatic carbocycles. The van der Waals surface area contributed by atoms with E-state index in [4.69, 9.17) is 10.5 Å². The van der Waals surface area contributed by atoms with E-state index in [9.17, 15) is 8.42 Å². The van der Waals surface area contributed by atoms with Gasteiger partial charge < -0.3 is 10.5 Å². The molecule has 1 aliphatic rings. The standard InChI is InChI=1S/C12H18N2O3S/c1-17-11-6-7-14(8-11)18(15,16)9-10-4-2-3-5-12(10)13/h2-5,11H,6-9,13H2,1H3. The number of methoxy groups -OCH3 is 1. The molecule has 0 bridgehead atoms. The van der Waals surface area contributed by atoms with Gasteiger partial charge in [0.05, 0.1) is 11.9 Å². The third-order valence-electron chi connectivity index (χ3n) is 3.23. The van der Waals surface area contributed by atoms with Crippen LogP contribution >= 0.6 is 0 Å². The zero-order valence-electron chi connectivity index (χ0n) is 10.4. The molecule has 0 aliphatic carbocycles. The number of benzene rings is 1. The van der Waals surface area contributed by atoms with Crippen molar-refractivity contribution in [3.63, 3.8) is 0 Å². The van der Waals surface area contributed by atoms with Crippen LogP contribution in [-0.4, -0.2) is 39.0 Å². The molecular weight excluding hydrogens is 252 g/mol. The van der Waals surface area contributed by atoms with Crippen LogP contribution in [-0.2, 0) is 20.5 Å². The van der Waals surface area contributed by atoms with Crippen LogP contribution in [0.15, 0.2) is 24.3 Å². The van der Waals surface area contributed by atoms with Gasteiger partial charge in [-0.15, -0.1) is 0 Å². The van der Waals surface area contributed by atoms with Gasteiger partial charge in [-0.25, -0.2) is 8.42 Å². The summed E-state index contributed by atoms with van der Waals surface area (Å²) in [5.41, 5.74) is 6.94. The third kappa shape index (κ3) is 2.82. The number of hydrogen-bond donors (Lipinski definition) is 1. The SMILES string of the molecule is COC1CCN(S(=O)(=O)Cc2ccccc2N)C1. The Morgan fingerprint density at radius 2 is 2.17 bits per heavy atom. The van der Waals surface area contributed by atoms with E-state index in [2.05, 4.69) is 0 Å². The highest BCUT2D eigenvalue weighted by atomic mass is 32.2. The van der Waals surface area contributed by atoms with E-state index in [0.717, 1.165) is 6.42 Å². The molecule has 1 atom stereocenters. The minimum Gasteiger partial charge on any atom is -0.398 e. The summed E-state index contributed by atoms with van der Waals surface area (Å²) in [5.74, 6) is -0.0455. The van der Waals surface area contributed by atoms with Gasteiger partial charge in [-0.3, -0.25) is 0 Å². The van der Waals surface area contributed by atoms with Gasteiger partial charge in [0, 0.05) is 25.9 Å². The molecule has 5 nitrogen and oxygen atoms in total. The van der Waals surface area contributed by atoms with Crippen molar-refractivity contribution in [3.05, 3.63) is 29.8 Å². The number of ether oxygens (including phenoxy) is 1. The maximum absolute atomic E-state index is 12.2. The van der Waals surface area contributed by atoms with Crippen molar-refractivity contribution in [1.82, 2.24) is 4.31 Å². The summed E-state index contributed by atoms with van der Waals surface area (Å²) in [6, 6.07) is 7.05. The molecule has 0 aromatic heterocycles. The highest BCUT2D eigenvalue weighted by Gasteiger charge is 2.31. The smallest absolute Gasteiger partial charge is 0.218 e. The van der Waals surface area contributed by atoms with Crippen molar-refractivity contribution < 1.29 is 13.2 Å². The lowest BCUT2D eigenvalue weighted by molar-refractivity contribution is 0.115. The second-order valence-electron chi connectivity index (χ2n) is 4.46. The van der Waals surface area contributed by atoms with Crippen molar-refractivity contribution in [2.75, 3.05) is 25.9 Å². The Kier molecular flexibility index (Phi) is 3.89. The molecule has 1 saturated heterocycles. The van der Waals surface area contributed by atoms with Gasteiger partial charge >= 0.3 is 0 Å². The van der Waals surface area contributed by atoms with Crippen LogP contribution in [0.3, 0.4) is 0 Å². The fourth-order valence-electron chi connectivity index (χ4n) is 2.10. The molecule has 1 unspecified atom stereocenters. The van der Waals surface area contributed by atoms with E-state index in [1.807, 2.05) is 0 Å². The van der Waals surface area contributed by atoms with Crippen LogP contribution < -0.4 is 5.73 Å². The number of nitrogens with two attached hydrogens (primary N) is 1. The molecule has 1 heterocycles. The quantitative estimate of drug-likeness (QED) is 0.822. The van der Waals surface area contributed by atoms with Gasteiger partial charge in [0.1, 0.15) is 0 Å². The Balaban J connectivity index is 2.11. The second kappa shape index (κ2) is 5.26. The summed E-state index contributed by atoms with van der Waals surface area (Å²) in [6.45, 7) is 0.957. The summed E-state index contributed by atoms with van der Waals surface area (Å²) in [4.78, 5) is 0. The zero-order valence-corrected chi connectivity index (χ0v) is 11.2. The molecule has 0 radical (unpaired) electrons. The minimum absolute atomic E-state index is 0.00731. The Hall–Kier alpha value is -1.11. The van der Waals surface area contributed by atoms with Crippen molar-refractivity contribution in [3.8, 4) is 0 Å². The number of nitrogen functional groups attached to an aromatic ring is 1. The highest BCUT2D eigenvalue weighted by Crippen LogP contribution is 2.21. The summed E-state index contributed by atoms with van der Waals surface area (Å²) >= 11 is 0. The lowest BCUT2D eigenvalue weighted by Gasteiger charge is -2.16. The van der Waals surface area contributed by atoms with Gasteiger partial charge in [-0.05, 0) is 18.1 Å². The number of anilines is 1. The average Bonchev–Trinajstić information content (AvgIpc) is 2.81. The molecule has 18 heavy (non-hydrogen) atoms. The maximum atomic E-state index is 12.2. The summed E-state index contributed by atoms with van der Waals surface area (Å²) in [5, 5.41) is 0. The van der Waals surface area contributed by atoms with Crippen molar-refractivity contribution >= 4 is 15.7 Å². The maximum Gasteiger partial charge on any atom is 0.218 e. The monoisotopic (exact) mass is 270 g/mol. The average molecular weight is 270 g/mol. The molecule has 6 heteroatoms. The second-order valence-corrected chi connectivity index (χ2v) is 6.43. The first-order chi connectivity index (χ1) is 8.53. The third-order valence-corrected chi connectivity index (χ3v) is 5.02. The molecular formula is C12H18N2O3S. The first kappa shape index (κ1) is 13.3. The van der Waals surface area contributed by atoms with E-state index < -0.39 is 10.0 Å². The summed E-state index contributed by atoms with van der Waals surface area (Å²) in [6.07, 6.45) is 0.757. The van der Waals surface area contributed by atoms with Crippen molar-refractivity contribution in [2.45, 2.75) is 18.3 Å². The Morgan fingerprint density at radius 1 is 1.44 bits per heavy atom.